The van der Waals surface area contributed by atoms with E-state index in [1.807, 2.05) is 0 Å². The molecule has 1 spiro atoms. The number of piperidine rings is 2. The molecule has 150 valence electrons. The van der Waals surface area contributed by atoms with Crippen LogP contribution in [0, 0.1) is 11.3 Å². The van der Waals surface area contributed by atoms with Gasteiger partial charge < -0.3 is 9.64 Å². The molecule has 0 N–H and O–H groups in total. The number of aromatic nitrogens is 1. The summed E-state index contributed by atoms with van der Waals surface area (Å²) >= 11 is 0. The van der Waals surface area contributed by atoms with Gasteiger partial charge in [-0.3, -0.25) is 0 Å². The van der Waals surface area contributed by atoms with Crippen molar-refractivity contribution in [1.82, 2.24) is 14.2 Å². The van der Waals surface area contributed by atoms with Gasteiger partial charge in [0.15, 0.2) is 5.03 Å². The summed E-state index contributed by atoms with van der Waals surface area (Å²) in [5.74, 6) is 0.786. The molecule has 27 heavy (non-hydrogen) atoms. The van der Waals surface area contributed by atoms with Gasteiger partial charge in [0.25, 0.3) is 10.0 Å². The molecule has 3 fully saturated rings. The van der Waals surface area contributed by atoms with Crippen molar-refractivity contribution in [2.75, 3.05) is 39.3 Å². The summed E-state index contributed by atoms with van der Waals surface area (Å²) in [6, 6.07) is 5.04. The van der Waals surface area contributed by atoms with Crippen LogP contribution in [-0.2, 0) is 14.8 Å². The molecule has 3 aliphatic rings. The van der Waals surface area contributed by atoms with Crippen LogP contribution in [-0.4, -0.2) is 68.0 Å². The van der Waals surface area contributed by atoms with Gasteiger partial charge in [-0.05, 0) is 62.1 Å². The van der Waals surface area contributed by atoms with Crippen LogP contribution in [0.4, 0.5) is 0 Å². The molecule has 3 aliphatic heterocycles. The molecule has 4 rings (SSSR count). The van der Waals surface area contributed by atoms with Crippen molar-refractivity contribution in [1.29, 1.82) is 0 Å². The molecule has 6 nitrogen and oxygen atoms in total. The first-order valence-corrected chi connectivity index (χ1v) is 11.7. The van der Waals surface area contributed by atoms with E-state index in [0.29, 0.717) is 19.2 Å². The molecule has 7 heteroatoms. The number of rotatable bonds is 4. The summed E-state index contributed by atoms with van der Waals surface area (Å²) in [6.45, 7) is 7.64. The molecule has 3 saturated heterocycles. The van der Waals surface area contributed by atoms with Crippen molar-refractivity contribution in [2.24, 2.45) is 11.3 Å². The molecule has 0 aliphatic carbocycles. The highest BCUT2D eigenvalue weighted by Crippen LogP contribution is 2.43. The predicted octanol–water partition coefficient (Wildman–Crippen LogP) is 2.37. The largest absolute Gasteiger partial charge is 0.376 e. The SMILES string of the molecule is C[C@H]1CCCN(C[C@H]2CC3(CCN(S(=O)(=O)c4ccccn4)CC3)CO2)C1. The van der Waals surface area contributed by atoms with Crippen LogP contribution in [0.2, 0.25) is 0 Å². The Labute approximate surface area is 163 Å². The van der Waals surface area contributed by atoms with E-state index in [-0.39, 0.29) is 10.4 Å². The van der Waals surface area contributed by atoms with Gasteiger partial charge in [0.2, 0.25) is 0 Å². The maximum absolute atomic E-state index is 12.8. The second kappa shape index (κ2) is 7.78. The minimum atomic E-state index is -3.48. The summed E-state index contributed by atoms with van der Waals surface area (Å²) in [5.41, 5.74) is 0.155. The van der Waals surface area contributed by atoms with Gasteiger partial charge in [0.05, 0.1) is 12.7 Å². The Morgan fingerprint density at radius 3 is 2.78 bits per heavy atom. The zero-order chi connectivity index (χ0) is 18.9. The highest BCUT2D eigenvalue weighted by atomic mass is 32.2. The first kappa shape index (κ1) is 19.3. The van der Waals surface area contributed by atoms with Crippen molar-refractivity contribution in [2.45, 2.75) is 50.2 Å². The zero-order valence-electron chi connectivity index (χ0n) is 16.2. The number of hydrogen-bond acceptors (Lipinski definition) is 5. The molecule has 1 aromatic rings. The Bertz CT molecular complexity index is 732. The minimum Gasteiger partial charge on any atom is -0.376 e. The average Bonchev–Trinajstić information content (AvgIpc) is 3.05. The molecule has 0 saturated carbocycles. The smallest absolute Gasteiger partial charge is 0.260 e. The van der Waals surface area contributed by atoms with E-state index < -0.39 is 10.0 Å². The van der Waals surface area contributed by atoms with E-state index in [1.165, 1.54) is 32.1 Å². The van der Waals surface area contributed by atoms with Crippen molar-refractivity contribution >= 4 is 10.0 Å². The molecule has 0 aromatic carbocycles. The predicted molar refractivity (Wildman–Crippen MR) is 104 cm³/mol. The third kappa shape index (κ3) is 4.21. The Hall–Kier alpha value is -1.02. The van der Waals surface area contributed by atoms with Crippen LogP contribution in [0.25, 0.3) is 0 Å². The molecule has 4 heterocycles. The minimum absolute atomic E-state index is 0.153. The fraction of sp³-hybridized carbons (Fsp3) is 0.750. The lowest BCUT2D eigenvalue weighted by Crippen LogP contribution is -2.44. The van der Waals surface area contributed by atoms with E-state index in [2.05, 4.69) is 16.8 Å². The number of ether oxygens (including phenoxy) is 1. The standard InChI is InChI=1S/C20H31N3O3S/c1-17-5-4-10-22(14-17)15-18-13-20(16-26-18)7-11-23(12-8-20)27(24,25)19-6-2-3-9-21-19/h2-3,6,9,17-18H,4-5,7-8,10-16H2,1H3/t17-,18+/m0/s1. The topological polar surface area (TPSA) is 62.7 Å². The van der Waals surface area contributed by atoms with Crippen molar-refractivity contribution in [3.63, 3.8) is 0 Å². The maximum atomic E-state index is 12.8. The van der Waals surface area contributed by atoms with Gasteiger partial charge in [-0.15, -0.1) is 0 Å². The van der Waals surface area contributed by atoms with Crippen LogP contribution < -0.4 is 0 Å². The molecule has 0 bridgehead atoms. The second-order valence-electron chi connectivity index (χ2n) is 8.72. The quantitative estimate of drug-likeness (QED) is 0.786. The van der Waals surface area contributed by atoms with Crippen LogP contribution in [0.1, 0.15) is 39.0 Å². The van der Waals surface area contributed by atoms with Crippen LogP contribution >= 0.6 is 0 Å². The second-order valence-corrected chi connectivity index (χ2v) is 10.6. The lowest BCUT2D eigenvalue weighted by atomic mass is 9.77. The maximum Gasteiger partial charge on any atom is 0.260 e. The monoisotopic (exact) mass is 393 g/mol. The lowest BCUT2D eigenvalue weighted by molar-refractivity contribution is 0.0482. The van der Waals surface area contributed by atoms with Gasteiger partial charge >= 0.3 is 0 Å². The molecule has 2 atom stereocenters. The molecule has 0 unspecified atom stereocenters. The Kier molecular flexibility index (Phi) is 5.56. The number of hydrogen-bond donors (Lipinski definition) is 0. The molecule has 1 aromatic heterocycles. The molecule has 0 amide bonds. The van der Waals surface area contributed by atoms with Gasteiger partial charge in [0, 0.05) is 32.4 Å². The van der Waals surface area contributed by atoms with Crippen LogP contribution in [0.5, 0.6) is 0 Å². The van der Waals surface area contributed by atoms with Gasteiger partial charge in [-0.1, -0.05) is 13.0 Å². The summed E-state index contributed by atoms with van der Waals surface area (Å²) < 4.78 is 33.3. The van der Waals surface area contributed by atoms with Crippen molar-refractivity contribution < 1.29 is 13.2 Å². The fourth-order valence-electron chi connectivity index (χ4n) is 4.93. The molecular formula is C20H31N3O3S. The number of likely N-dealkylation sites (tertiary alicyclic amines) is 1. The van der Waals surface area contributed by atoms with Gasteiger partial charge in [-0.2, -0.15) is 4.31 Å². The average molecular weight is 394 g/mol. The van der Waals surface area contributed by atoms with Crippen LogP contribution in [0.3, 0.4) is 0 Å². The molecular weight excluding hydrogens is 362 g/mol. The summed E-state index contributed by atoms with van der Waals surface area (Å²) in [4.78, 5) is 6.59. The van der Waals surface area contributed by atoms with E-state index in [0.717, 1.165) is 38.3 Å². The fourth-order valence-corrected chi connectivity index (χ4v) is 6.31. The Morgan fingerprint density at radius 2 is 2.07 bits per heavy atom. The van der Waals surface area contributed by atoms with Gasteiger partial charge in [-0.25, -0.2) is 13.4 Å². The Morgan fingerprint density at radius 1 is 1.26 bits per heavy atom. The number of pyridine rings is 1. The first-order valence-electron chi connectivity index (χ1n) is 10.2. The van der Waals surface area contributed by atoms with E-state index >= 15 is 0 Å². The highest BCUT2D eigenvalue weighted by molar-refractivity contribution is 7.89. The molecule has 0 radical (unpaired) electrons. The normalized spacial score (nSPS) is 30.0. The van der Waals surface area contributed by atoms with Crippen molar-refractivity contribution in [3.05, 3.63) is 24.4 Å². The first-order chi connectivity index (χ1) is 13.0. The number of sulfonamides is 1. The van der Waals surface area contributed by atoms with Crippen LogP contribution in [0.15, 0.2) is 29.4 Å². The summed E-state index contributed by atoms with van der Waals surface area (Å²) in [7, 11) is -3.48. The Balaban J connectivity index is 1.33. The summed E-state index contributed by atoms with van der Waals surface area (Å²) in [5, 5.41) is 0.153. The van der Waals surface area contributed by atoms with Crippen molar-refractivity contribution in [3.8, 4) is 0 Å². The highest BCUT2D eigenvalue weighted by Gasteiger charge is 2.45. The van der Waals surface area contributed by atoms with Gasteiger partial charge in [0.1, 0.15) is 0 Å². The number of nitrogens with zero attached hydrogens (tertiary/aromatic N) is 3. The van der Waals surface area contributed by atoms with E-state index in [1.54, 1.807) is 22.5 Å². The zero-order valence-corrected chi connectivity index (χ0v) is 17.0. The lowest BCUT2D eigenvalue weighted by Gasteiger charge is -2.37. The van der Waals surface area contributed by atoms with E-state index in [4.69, 9.17) is 4.74 Å². The summed E-state index contributed by atoms with van der Waals surface area (Å²) in [6.07, 6.45) is 7.29. The van der Waals surface area contributed by atoms with E-state index in [9.17, 15) is 8.42 Å². The third-order valence-corrected chi connectivity index (χ3v) is 8.33. The third-order valence-electron chi connectivity index (χ3n) is 6.51.